The molecule has 29 heavy (non-hydrogen) atoms. The van der Waals surface area contributed by atoms with E-state index in [9.17, 15) is 14.4 Å². The number of carbonyl (C=O) groups excluding carboxylic acids is 3. The van der Waals surface area contributed by atoms with Crippen LogP contribution in [0.25, 0.3) is 0 Å². The van der Waals surface area contributed by atoms with Crippen LogP contribution < -0.4 is 10.6 Å². The molecule has 3 amide bonds. The predicted octanol–water partition coefficient (Wildman–Crippen LogP) is 0.541. The summed E-state index contributed by atoms with van der Waals surface area (Å²) in [6, 6.07) is -0.984. The van der Waals surface area contributed by atoms with Crippen LogP contribution in [0.1, 0.15) is 41.5 Å². The van der Waals surface area contributed by atoms with Gasteiger partial charge >= 0.3 is 12.2 Å². The van der Waals surface area contributed by atoms with Crippen LogP contribution in [0.2, 0.25) is 0 Å². The summed E-state index contributed by atoms with van der Waals surface area (Å²) in [4.78, 5) is 40.8. The first kappa shape index (κ1) is 25.0. The highest BCUT2D eigenvalue weighted by Crippen LogP contribution is 2.09. The summed E-state index contributed by atoms with van der Waals surface area (Å²) in [6.45, 7) is 13.1. The third-order valence-corrected chi connectivity index (χ3v) is 3.94. The van der Waals surface area contributed by atoms with Gasteiger partial charge in [-0.1, -0.05) is 0 Å². The summed E-state index contributed by atoms with van der Waals surface area (Å²) in [5, 5.41) is 14.1. The van der Waals surface area contributed by atoms with E-state index in [0.717, 1.165) is 0 Å². The van der Waals surface area contributed by atoms with Crippen molar-refractivity contribution in [3.8, 4) is 0 Å². The maximum Gasteiger partial charge on any atom is 0.408 e. The Morgan fingerprint density at radius 1 is 0.931 bits per heavy atom. The molecular formula is C19H36N4O6. The van der Waals surface area contributed by atoms with E-state index in [2.05, 4.69) is 15.5 Å². The van der Waals surface area contributed by atoms with Crippen LogP contribution >= 0.6 is 0 Å². The van der Waals surface area contributed by atoms with Gasteiger partial charge < -0.3 is 30.1 Å². The van der Waals surface area contributed by atoms with E-state index in [1.807, 2.05) is 0 Å². The Balaban J connectivity index is 2.74. The van der Waals surface area contributed by atoms with E-state index in [0.29, 0.717) is 32.7 Å². The number of aliphatic hydroxyl groups excluding tert-OH is 1. The molecule has 3 N–H and O–H groups in total. The van der Waals surface area contributed by atoms with Crippen molar-refractivity contribution in [1.29, 1.82) is 0 Å². The van der Waals surface area contributed by atoms with Crippen LogP contribution in [0, 0.1) is 0 Å². The molecule has 0 aromatic rings. The van der Waals surface area contributed by atoms with Crippen LogP contribution in [0.4, 0.5) is 9.59 Å². The number of piperazine rings is 1. The molecule has 0 spiro atoms. The van der Waals surface area contributed by atoms with E-state index in [1.165, 1.54) is 0 Å². The molecule has 1 atom stereocenters. The summed E-state index contributed by atoms with van der Waals surface area (Å²) >= 11 is 0. The van der Waals surface area contributed by atoms with Gasteiger partial charge in [0, 0.05) is 32.7 Å². The molecule has 0 aromatic heterocycles. The van der Waals surface area contributed by atoms with Gasteiger partial charge in [-0.3, -0.25) is 9.69 Å². The highest BCUT2D eigenvalue weighted by molar-refractivity contribution is 5.86. The number of amides is 3. The summed E-state index contributed by atoms with van der Waals surface area (Å²) in [5.41, 5.74) is -1.39. The SMILES string of the molecule is CC(C)(C)OC(=O)NC[C@@H](NC(=O)OC(C)(C)C)C(=O)N1CCN(CCO)CC1. The zero-order chi connectivity index (χ0) is 22.2. The van der Waals surface area contributed by atoms with Crippen LogP contribution in [0.5, 0.6) is 0 Å². The van der Waals surface area contributed by atoms with Gasteiger partial charge in [-0.15, -0.1) is 0 Å². The fourth-order valence-electron chi connectivity index (χ4n) is 2.70. The Labute approximate surface area is 172 Å². The molecule has 168 valence electrons. The number of alkyl carbamates (subject to hydrolysis) is 2. The average Bonchev–Trinajstić information content (AvgIpc) is 2.56. The summed E-state index contributed by atoms with van der Waals surface area (Å²) < 4.78 is 10.4. The molecule has 0 bridgehead atoms. The molecule has 0 aromatic carbocycles. The van der Waals surface area contributed by atoms with Crippen LogP contribution in [-0.4, -0.2) is 96.1 Å². The second-order valence-electron chi connectivity index (χ2n) is 8.97. The Hall–Kier alpha value is -2.07. The lowest BCUT2D eigenvalue weighted by atomic mass is 10.2. The first-order chi connectivity index (χ1) is 13.3. The first-order valence-corrected chi connectivity index (χ1v) is 9.89. The normalized spacial score (nSPS) is 16.7. The maximum atomic E-state index is 13.0. The quantitative estimate of drug-likeness (QED) is 0.578. The molecular weight excluding hydrogens is 380 g/mol. The molecule has 0 aliphatic carbocycles. The largest absolute Gasteiger partial charge is 0.444 e. The van der Waals surface area contributed by atoms with Crippen molar-refractivity contribution in [1.82, 2.24) is 20.4 Å². The van der Waals surface area contributed by atoms with Crippen molar-refractivity contribution in [2.75, 3.05) is 45.9 Å². The fourth-order valence-corrected chi connectivity index (χ4v) is 2.70. The zero-order valence-electron chi connectivity index (χ0n) is 18.4. The molecule has 1 rings (SSSR count). The standard InChI is InChI=1S/C19H36N4O6/c1-18(2,3)28-16(26)20-13-14(21-17(27)29-19(4,5)6)15(25)23-9-7-22(8-10-23)11-12-24/h14,24H,7-13H2,1-6H3,(H,20,26)(H,21,27)/t14-/m1/s1. The zero-order valence-corrected chi connectivity index (χ0v) is 18.4. The van der Waals surface area contributed by atoms with Crippen molar-refractivity contribution in [2.45, 2.75) is 58.8 Å². The van der Waals surface area contributed by atoms with Gasteiger partial charge in [0.15, 0.2) is 0 Å². The van der Waals surface area contributed by atoms with E-state index in [1.54, 1.807) is 46.4 Å². The number of hydrogen-bond acceptors (Lipinski definition) is 7. The van der Waals surface area contributed by atoms with Gasteiger partial charge in [0.2, 0.25) is 5.91 Å². The van der Waals surface area contributed by atoms with E-state index < -0.39 is 29.4 Å². The summed E-state index contributed by atoms with van der Waals surface area (Å²) in [5.74, 6) is -0.310. The summed E-state index contributed by atoms with van der Waals surface area (Å²) in [6.07, 6.45) is -1.41. The number of rotatable bonds is 6. The van der Waals surface area contributed by atoms with Crippen molar-refractivity contribution in [3.05, 3.63) is 0 Å². The third kappa shape index (κ3) is 10.3. The second-order valence-corrected chi connectivity index (χ2v) is 8.97. The minimum atomic E-state index is -0.984. The van der Waals surface area contributed by atoms with Gasteiger partial charge in [0.1, 0.15) is 17.2 Å². The van der Waals surface area contributed by atoms with Crippen LogP contribution in [0.3, 0.4) is 0 Å². The number of ether oxygens (including phenoxy) is 2. The molecule has 10 heteroatoms. The van der Waals surface area contributed by atoms with Crippen molar-refractivity contribution >= 4 is 18.1 Å². The third-order valence-electron chi connectivity index (χ3n) is 3.94. The lowest BCUT2D eigenvalue weighted by Gasteiger charge is -2.36. The van der Waals surface area contributed by atoms with Crippen molar-refractivity contribution in [2.24, 2.45) is 0 Å². The Kier molecular flexibility index (Phi) is 9.15. The predicted molar refractivity (Wildman–Crippen MR) is 108 cm³/mol. The number of hydrogen-bond donors (Lipinski definition) is 3. The summed E-state index contributed by atoms with van der Waals surface area (Å²) in [7, 11) is 0. The second kappa shape index (κ2) is 10.6. The molecule has 10 nitrogen and oxygen atoms in total. The lowest BCUT2D eigenvalue weighted by Crippen LogP contribution is -2.58. The van der Waals surface area contributed by atoms with E-state index in [-0.39, 0.29) is 19.1 Å². The number of aliphatic hydroxyl groups is 1. The van der Waals surface area contributed by atoms with Gasteiger partial charge in [-0.05, 0) is 41.5 Å². The maximum absolute atomic E-state index is 13.0. The Morgan fingerprint density at radius 2 is 1.45 bits per heavy atom. The molecule has 1 aliphatic rings. The van der Waals surface area contributed by atoms with E-state index in [4.69, 9.17) is 14.6 Å². The van der Waals surface area contributed by atoms with Crippen molar-refractivity contribution in [3.63, 3.8) is 0 Å². The topological polar surface area (TPSA) is 120 Å². The minimum absolute atomic E-state index is 0.0661. The molecule has 1 aliphatic heterocycles. The molecule has 0 radical (unpaired) electrons. The lowest BCUT2D eigenvalue weighted by molar-refractivity contribution is -0.135. The minimum Gasteiger partial charge on any atom is -0.444 e. The van der Waals surface area contributed by atoms with E-state index >= 15 is 0 Å². The molecule has 0 saturated carbocycles. The van der Waals surface area contributed by atoms with Gasteiger partial charge in [-0.25, -0.2) is 9.59 Å². The van der Waals surface area contributed by atoms with Gasteiger partial charge in [0.05, 0.1) is 13.2 Å². The molecule has 1 fully saturated rings. The highest BCUT2D eigenvalue weighted by atomic mass is 16.6. The molecule has 0 unspecified atom stereocenters. The Bertz CT molecular complexity index is 562. The average molecular weight is 417 g/mol. The Morgan fingerprint density at radius 3 is 1.93 bits per heavy atom. The number of nitrogens with one attached hydrogen (secondary N) is 2. The monoisotopic (exact) mass is 416 g/mol. The number of carbonyl (C=O) groups is 3. The first-order valence-electron chi connectivity index (χ1n) is 9.89. The number of nitrogens with zero attached hydrogens (tertiary/aromatic N) is 2. The van der Waals surface area contributed by atoms with Crippen LogP contribution in [-0.2, 0) is 14.3 Å². The van der Waals surface area contributed by atoms with Crippen LogP contribution in [0.15, 0.2) is 0 Å². The fraction of sp³-hybridized carbons (Fsp3) is 0.842. The smallest absolute Gasteiger partial charge is 0.408 e. The number of β-amino-alcohol motifs (C(OH)–C–C–N with tert-alkyl or cyclic N) is 1. The highest BCUT2D eigenvalue weighted by Gasteiger charge is 2.31. The molecule has 1 saturated heterocycles. The van der Waals surface area contributed by atoms with Gasteiger partial charge in [0.25, 0.3) is 0 Å². The van der Waals surface area contributed by atoms with Crippen molar-refractivity contribution < 1.29 is 29.0 Å². The van der Waals surface area contributed by atoms with Gasteiger partial charge in [-0.2, -0.15) is 0 Å². The molecule has 1 heterocycles.